The highest BCUT2D eigenvalue weighted by molar-refractivity contribution is 7.99. The lowest BCUT2D eigenvalue weighted by molar-refractivity contribution is -0.0923. The molecule has 416 valence electrons. The van der Waals surface area contributed by atoms with Gasteiger partial charge in [0, 0.05) is 19.8 Å². The number of hydrogen-bond donors (Lipinski definition) is 1. The molecule has 0 aromatic carbocycles. The first-order valence-electron chi connectivity index (χ1n) is 31.3. The van der Waals surface area contributed by atoms with E-state index in [4.69, 9.17) is 14.2 Å². The van der Waals surface area contributed by atoms with Gasteiger partial charge >= 0.3 is 0 Å². The molecule has 0 aliphatic carbocycles. The third-order valence-corrected chi connectivity index (χ3v) is 17.7. The van der Waals surface area contributed by atoms with Gasteiger partial charge in [0.05, 0.1) is 31.8 Å². The van der Waals surface area contributed by atoms with E-state index in [0.29, 0.717) is 19.8 Å². The van der Waals surface area contributed by atoms with Crippen molar-refractivity contribution in [1.29, 1.82) is 0 Å². The first-order valence-corrected chi connectivity index (χ1v) is 34.8. The summed E-state index contributed by atoms with van der Waals surface area (Å²) in [5, 5.41) is 10.7. The second-order valence-electron chi connectivity index (χ2n) is 21.5. The van der Waals surface area contributed by atoms with E-state index < -0.39 is 5.41 Å². The fourth-order valence-corrected chi connectivity index (χ4v) is 12.2. The van der Waals surface area contributed by atoms with Gasteiger partial charge in [-0.25, -0.2) is 0 Å². The lowest BCUT2D eigenvalue weighted by atomic mass is 9.92. The summed E-state index contributed by atoms with van der Waals surface area (Å²) in [4.78, 5) is 0. The molecule has 0 rings (SSSR count). The number of rotatable bonds is 64. The summed E-state index contributed by atoms with van der Waals surface area (Å²) >= 11 is 6.27. The number of hydrogen-bond acceptors (Lipinski definition) is 7. The molecule has 0 spiro atoms. The minimum Gasteiger partial charge on any atom is -0.396 e. The Hall–Kier alpha value is 0.890. The SMILES string of the molecule is CCCCCCCCCCCCCCCCSCCCOCC(CO)(COCCCSCCCCCCCCCCCCCCCC)COCCCSCCCCCCCCCCCCCCCC. The Morgan fingerprint density at radius 1 is 0.246 bits per heavy atom. The van der Waals surface area contributed by atoms with Crippen LogP contribution in [-0.2, 0) is 14.2 Å². The molecule has 0 aromatic heterocycles. The van der Waals surface area contributed by atoms with E-state index in [0.717, 1.165) is 56.3 Å². The lowest BCUT2D eigenvalue weighted by Gasteiger charge is -2.31. The van der Waals surface area contributed by atoms with Gasteiger partial charge in [0.15, 0.2) is 0 Å². The zero-order chi connectivity index (χ0) is 49.8. The molecule has 7 heteroatoms. The first-order chi connectivity index (χ1) is 34.2. The van der Waals surface area contributed by atoms with E-state index in [-0.39, 0.29) is 6.61 Å². The van der Waals surface area contributed by atoms with Gasteiger partial charge in [0.1, 0.15) is 0 Å². The highest BCUT2D eigenvalue weighted by Gasteiger charge is 2.31. The summed E-state index contributed by atoms with van der Waals surface area (Å²) in [5.74, 6) is 7.30. The van der Waals surface area contributed by atoms with Crippen LogP contribution >= 0.6 is 35.3 Å². The molecule has 0 unspecified atom stereocenters. The standard InChI is InChI=1S/C62H126O4S3/c1-4-7-10-13-16-19-22-25-28-31-34-37-40-43-52-67-55-46-49-64-59-62(58-63,60-65-50-47-56-68-53-44-41-38-35-32-29-26-23-20-17-14-11-8-5-2)61-66-51-48-57-69-54-45-42-39-36-33-30-27-24-21-18-15-12-9-6-3/h63H,4-61H2,1-3H3. The minimum absolute atomic E-state index is 0.0443. The monoisotopic (exact) mass is 1030 g/mol. The molecular weight excluding hydrogens is 905 g/mol. The maximum atomic E-state index is 10.7. The number of aliphatic hydroxyl groups excluding tert-OH is 1. The maximum Gasteiger partial charge on any atom is 0.0635 e. The van der Waals surface area contributed by atoms with E-state index in [1.807, 2.05) is 0 Å². The zero-order valence-electron chi connectivity index (χ0n) is 47.4. The largest absolute Gasteiger partial charge is 0.396 e. The Morgan fingerprint density at radius 2 is 0.420 bits per heavy atom. The third kappa shape index (κ3) is 58.0. The predicted molar refractivity (Wildman–Crippen MR) is 319 cm³/mol. The van der Waals surface area contributed by atoms with E-state index in [1.165, 1.54) is 287 Å². The molecule has 1 N–H and O–H groups in total. The van der Waals surface area contributed by atoms with Crippen LogP contribution in [0.25, 0.3) is 0 Å². The second-order valence-corrected chi connectivity index (χ2v) is 25.2. The Morgan fingerprint density at radius 3 is 0.609 bits per heavy atom. The smallest absolute Gasteiger partial charge is 0.0635 e. The third-order valence-electron chi connectivity index (χ3n) is 14.2. The Kier molecular flexibility index (Phi) is 64.0. The zero-order valence-corrected chi connectivity index (χ0v) is 49.9. The van der Waals surface area contributed by atoms with Crippen molar-refractivity contribution in [3.05, 3.63) is 0 Å². The van der Waals surface area contributed by atoms with Crippen LogP contribution in [0.4, 0.5) is 0 Å². The summed E-state index contributed by atoms with van der Waals surface area (Å²) < 4.78 is 18.8. The van der Waals surface area contributed by atoms with Gasteiger partial charge in [-0.3, -0.25) is 0 Å². The lowest BCUT2D eigenvalue weighted by Crippen LogP contribution is -2.41. The molecule has 0 radical (unpaired) electrons. The molecule has 0 fully saturated rings. The van der Waals surface area contributed by atoms with Crippen LogP contribution in [0.15, 0.2) is 0 Å². The van der Waals surface area contributed by atoms with Crippen LogP contribution < -0.4 is 0 Å². The Labute approximate surface area is 448 Å². The molecule has 0 aliphatic rings. The van der Waals surface area contributed by atoms with E-state index in [1.54, 1.807) is 0 Å². The molecular formula is C62H126O4S3. The van der Waals surface area contributed by atoms with Gasteiger partial charge in [0.25, 0.3) is 0 Å². The van der Waals surface area contributed by atoms with Crippen molar-refractivity contribution < 1.29 is 19.3 Å². The van der Waals surface area contributed by atoms with Crippen molar-refractivity contribution in [1.82, 2.24) is 0 Å². The normalized spacial score (nSPS) is 12.0. The van der Waals surface area contributed by atoms with Gasteiger partial charge < -0.3 is 19.3 Å². The minimum atomic E-state index is -0.482. The van der Waals surface area contributed by atoms with E-state index in [2.05, 4.69) is 56.1 Å². The van der Waals surface area contributed by atoms with Crippen LogP contribution in [-0.4, -0.2) is 85.9 Å². The molecule has 0 aliphatic heterocycles. The van der Waals surface area contributed by atoms with Crippen molar-refractivity contribution in [3.63, 3.8) is 0 Å². The van der Waals surface area contributed by atoms with Crippen LogP contribution in [0.3, 0.4) is 0 Å². The van der Waals surface area contributed by atoms with Gasteiger partial charge in [-0.2, -0.15) is 35.3 Å². The molecule has 0 atom stereocenters. The Bertz CT molecular complexity index is 788. The highest BCUT2D eigenvalue weighted by atomic mass is 32.2. The average Bonchev–Trinajstić information content (AvgIpc) is 3.36. The van der Waals surface area contributed by atoms with Crippen molar-refractivity contribution >= 4 is 35.3 Å². The topological polar surface area (TPSA) is 47.9 Å². The van der Waals surface area contributed by atoms with Gasteiger partial charge in [-0.1, -0.05) is 271 Å². The van der Waals surface area contributed by atoms with Gasteiger partial charge in [-0.05, 0) is 73.0 Å². The Balaban J connectivity index is 4.18. The van der Waals surface area contributed by atoms with Crippen molar-refractivity contribution in [2.45, 2.75) is 310 Å². The van der Waals surface area contributed by atoms with Crippen LogP contribution in [0, 0.1) is 5.41 Å². The highest BCUT2D eigenvalue weighted by Crippen LogP contribution is 2.22. The van der Waals surface area contributed by atoms with Crippen molar-refractivity contribution in [2.24, 2.45) is 5.41 Å². The molecule has 0 saturated heterocycles. The summed E-state index contributed by atoms with van der Waals surface area (Å²) in [6, 6.07) is 0. The van der Waals surface area contributed by atoms with Crippen molar-refractivity contribution in [2.75, 3.05) is 80.8 Å². The molecule has 0 aromatic rings. The summed E-state index contributed by atoms with van der Waals surface area (Å²) in [6.07, 6.45) is 62.9. The number of unbranched alkanes of at least 4 members (excludes halogenated alkanes) is 39. The van der Waals surface area contributed by atoms with Gasteiger partial charge in [-0.15, -0.1) is 0 Å². The van der Waals surface area contributed by atoms with E-state index >= 15 is 0 Å². The molecule has 0 heterocycles. The number of aliphatic hydroxyl groups is 1. The quantitative estimate of drug-likeness (QED) is 0.0609. The van der Waals surface area contributed by atoms with Crippen molar-refractivity contribution in [3.8, 4) is 0 Å². The summed E-state index contributed by atoms with van der Waals surface area (Å²) in [7, 11) is 0. The molecule has 0 saturated carbocycles. The predicted octanol–water partition coefficient (Wildman–Crippen LogP) is 20.8. The number of thioether (sulfide) groups is 3. The van der Waals surface area contributed by atoms with Gasteiger partial charge in [0.2, 0.25) is 0 Å². The maximum absolute atomic E-state index is 10.7. The fraction of sp³-hybridized carbons (Fsp3) is 1.00. The molecule has 0 bridgehead atoms. The molecule has 0 amide bonds. The first kappa shape index (κ1) is 69.9. The summed E-state index contributed by atoms with van der Waals surface area (Å²) in [5.41, 5.74) is -0.482. The molecule has 69 heavy (non-hydrogen) atoms. The fourth-order valence-electron chi connectivity index (χ4n) is 9.42. The van der Waals surface area contributed by atoms with Crippen LogP contribution in [0.1, 0.15) is 310 Å². The van der Waals surface area contributed by atoms with Crippen LogP contribution in [0.2, 0.25) is 0 Å². The van der Waals surface area contributed by atoms with E-state index in [9.17, 15) is 5.11 Å². The average molecular weight is 1030 g/mol. The second kappa shape index (κ2) is 63.2. The molecule has 4 nitrogen and oxygen atoms in total. The van der Waals surface area contributed by atoms with Crippen LogP contribution in [0.5, 0.6) is 0 Å². The number of ether oxygens (including phenoxy) is 3. The summed E-state index contributed by atoms with van der Waals surface area (Å²) in [6.45, 7) is 10.7.